The third-order valence-electron chi connectivity index (χ3n) is 5.64. The van der Waals surface area contributed by atoms with E-state index in [1.807, 2.05) is 0 Å². The van der Waals surface area contributed by atoms with Gasteiger partial charge in [-0.3, -0.25) is 0 Å². The van der Waals surface area contributed by atoms with Crippen molar-refractivity contribution in [3.05, 3.63) is 106 Å². The van der Waals surface area contributed by atoms with Gasteiger partial charge in [0, 0.05) is 11.8 Å². The summed E-state index contributed by atoms with van der Waals surface area (Å²) in [5.41, 5.74) is 10.5. The van der Waals surface area contributed by atoms with Crippen LogP contribution >= 0.6 is 0 Å². The topological polar surface area (TPSA) is 0 Å². The molecule has 0 saturated carbocycles. The van der Waals surface area contributed by atoms with Crippen LogP contribution in [0.4, 0.5) is 0 Å². The van der Waals surface area contributed by atoms with Gasteiger partial charge in [-0.1, -0.05) is 80.6 Å². The third kappa shape index (κ3) is 1.67. The first-order valence-corrected chi connectivity index (χ1v) is 8.57. The zero-order chi connectivity index (χ0) is 15.6. The summed E-state index contributed by atoms with van der Waals surface area (Å²) in [6.45, 7) is 4.56. The third-order valence-corrected chi connectivity index (χ3v) is 5.64. The molecule has 6 rings (SSSR count). The van der Waals surface area contributed by atoms with E-state index in [0.29, 0.717) is 17.8 Å². The Balaban J connectivity index is 1.84. The monoisotopic (exact) mass is 296 g/mol. The largest absolute Gasteiger partial charge is 0.0619 e. The second-order valence-corrected chi connectivity index (χ2v) is 7.17. The summed E-state index contributed by atoms with van der Waals surface area (Å²) in [7, 11) is 0. The average molecular weight is 296 g/mol. The summed E-state index contributed by atoms with van der Waals surface area (Å²) in [6, 6.07) is 25.2. The van der Waals surface area contributed by atoms with E-state index in [1.54, 1.807) is 0 Å². The molecule has 0 fully saturated rings. The van der Waals surface area contributed by atoms with Gasteiger partial charge < -0.3 is 0 Å². The van der Waals surface area contributed by atoms with Gasteiger partial charge in [0.05, 0.1) is 0 Å². The number of hydrogen-bond donors (Lipinski definition) is 0. The molecule has 0 atom stereocenters. The first-order valence-electron chi connectivity index (χ1n) is 8.57. The highest BCUT2D eigenvalue weighted by molar-refractivity contribution is 5.68. The Morgan fingerprint density at radius 1 is 0.565 bits per heavy atom. The quantitative estimate of drug-likeness (QED) is 0.367. The fraction of sp³-hybridized carbons (Fsp3) is 0.217. The van der Waals surface area contributed by atoms with Crippen molar-refractivity contribution in [2.24, 2.45) is 0 Å². The SMILES string of the molecule is CC(C)c1ccc2c(c1)C1c3ccccc3C2c2ccccc21. The van der Waals surface area contributed by atoms with Crippen LogP contribution in [0, 0.1) is 0 Å². The molecule has 3 aromatic carbocycles. The van der Waals surface area contributed by atoms with E-state index in [9.17, 15) is 0 Å². The Labute approximate surface area is 137 Å². The Morgan fingerprint density at radius 2 is 1.00 bits per heavy atom. The van der Waals surface area contributed by atoms with Gasteiger partial charge in [0.2, 0.25) is 0 Å². The van der Waals surface area contributed by atoms with Crippen LogP contribution in [0.1, 0.15) is 70.5 Å². The van der Waals surface area contributed by atoms with Crippen molar-refractivity contribution in [1.82, 2.24) is 0 Å². The van der Waals surface area contributed by atoms with Crippen molar-refractivity contribution in [2.45, 2.75) is 31.6 Å². The zero-order valence-corrected chi connectivity index (χ0v) is 13.6. The van der Waals surface area contributed by atoms with Crippen molar-refractivity contribution in [3.63, 3.8) is 0 Å². The molecule has 23 heavy (non-hydrogen) atoms. The molecule has 0 heteroatoms. The fourth-order valence-electron chi connectivity index (χ4n) is 4.54. The van der Waals surface area contributed by atoms with E-state index >= 15 is 0 Å². The molecule has 3 aliphatic rings. The normalized spacial score (nSPS) is 20.1. The predicted octanol–water partition coefficient (Wildman–Crippen LogP) is 5.80. The highest BCUT2D eigenvalue weighted by Crippen LogP contribution is 2.55. The molecule has 0 aliphatic heterocycles. The van der Waals surface area contributed by atoms with Gasteiger partial charge in [-0.25, -0.2) is 0 Å². The van der Waals surface area contributed by atoms with Gasteiger partial charge in [-0.15, -0.1) is 0 Å². The zero-order valence-electron chi connectivity index (χ0n) is 13.6. The second-order valence-electron chi connectivity index (χ2n) is 7.17. The van der Waals surface area contributed by atoms with E-state index < -0.39 is 0 Å². The minimum Gasteiger partial charge on any atom is -0.0619 e. The van der Waals surface area contributed by atoms with Crippen LogP contribution in [-0.2, 0) is 0 Å². The predicted molar refractivity (Wildman–Crippen MR) is 95.3 cm³/mol. The minimum absolute atomic E-state index is 0.404. The van der Waals surface area contributed by atoms with Gasteiger partial charge in [0.25, 0.3) is 0 Å². The highest BCUT2D eigenvalue weighted by atomic mass is 14.4. The molecule has 0 amide bonds. The summed E-state index contributed by atoms with van der Waals surface area (Å²) >= 11 is 0. The van der Waals surface area contributed by atoms with Crippen molar-refractivity contribution in [3.8, 4) is 0 Å². The maximum Gasteiger partial charge on any atom is 0.0349 e. The second kappa shape index (κ2) is 4.58. The lowest BCUT2D eigenvalue weighted by molar-refractivity contribution is 0.747. The smallest absolute Gasteiger partial charge is 0.0349 e. The molecule has 0 aromatic heterocycles. The fourth-order valence-corrected chi connectivity index (χ4v) is 4.54. The van der Waals surface area contributed by atoms with E-state index in [4.69, 9.17) is 0 Å². The Morgan fingerprint density at radius 3 is 1.48 bits per heavy atom. The molecule has 0 radical (unpaired) electrons. The van der Waals surface area contributed by atoms with Gasteiger partial charge in [0.15, 0.2) is 0 Å². The lowest BCUT2D eigenvalue weighted by Gasteiger charge is -2.42. The Hall–Kier alpha value is -2.34. The molecule has 0 spiro atoms. The molecule has 3 aromatic rings. The van der Waals surface area contributed by atoms with E-state index in [1.165, 1.54) is 38.9 Å². The molecule has 112 valence electrons. The number of rotatable bonds is 1. The van der Waals surface area contributed by atoms with Gasteiger partial charge in [0.1, 0.15) is 0 Å². The molecule has 0 heterocycles. The molecule has 0 nitrogen and oxygen atoms in total. The highest BCUT2D eigenvalue weighted by Gasteiger charge is 2.40. The molecule has 0 saturated heterocycles. The number of hydrogen-bond acceptors (Lipinski definition) is 0. The molecular formula is C23H20. The first kappa shape index (κ1) is 13.1. The van der Waals surface area contributed by atoms with E-state index in [0.717, 1.165) is 0 Å². The maximum atomic E-state index is 2.46. The van der Waals surface area contributed by atoms with Crippen LogP contribution in [0.3, 0.4) is 0 Å². The lowest BCUT2D eigenvalue weighted by Crippen LogP contribution is -2.27. The minimum atomic E-state index is 0.404. The van der Waals surface area contributed by atoms with Crippen LogP contribution in [-0.4, -0.2) is 0 Å². The van der Waals surface area contributed by atoms with Crippen LogP contribution in [0.15, 0.2) is 66.7 Å². The average Bonchev–Trinajstić information content (AvgIpc) is 2.60. The summed E-state index contributed by atoms with van der Waals surface area (Å²) < 4.78 is 0. The Bertz CT molecular complexity index is 869. The van der Waals surface area contributed by atoms with Crippen molar-refractivity contribution in [2.75, 3.05) is 0 Å². The Kier molecular flexibility index (Phi) is 2.61. The van der Waals surface area contributed by atoms with Crippen LogP contribution < -0.4 is 0 Å². The van der Waals surface area contributed by atoms with Crippen molar-refractivity contribution >= 4 is 0 Å². The molecule has 0 N–H and O–H groups in total. The first-order chi connectivity index (χ1) is 11.3. The van der Waals surface area contributed by atoms with Crippen molar-refractivity contribution < 1.29 is 0 Å². The van der Waals surface area contributed by atoms with Gasteiger partial charge in [-0.05, 0) is 44.9 Å². The van der Waals surface area contributed by atoms with E-state index in [2.05, 4.69) is 80.6 Å². The van der Waals surface area contributed by atoms with Crippen LogP contribution in [0.5, 0.6) is 0 Å². The van der Waals surface area contributed by atoms with Gasteiger partial charge in [-0.2, -0.15) is 0 Å². The standard InChI is InChI=1S/C23H20/c1-14(2)15-11-12-20-21(13-15)23-18-9-5-3-7-16(18)22(20)17-8-4-6-10-19(17)23/h3-14,22-23H,1-2H3. The molecule has 3 aliphatic carbocycles. The summed E-state index contributed by atoms with van der Waals surface area (Å²) in [4.78, 5) is 0. The molecule has 0 unspecified atom stereocenters. The maximum absolute atomic E-state index is 2.46. The summed E-state index contributed by atoms with van der Waals surface area (Å²) in [6.07, 6.45) is 0. The number of benzene rings is 3. The van der Waals surface area contributed by atoms with Crippen LogP contribution in [0.2, 0.25) is 0 Å². The van der Waals surface area contributed by atoms with Crippen LogP contribution in [0.25, 0.3) is 0 Å². The van der Waals surface area contributed by atoms with Crippen molar-refractivity contribution in [1.29, 1.82) is 0 Å². The summed E-state index contributed by atoms with van der Waals surface area (Å²) in [5.74, 6) is 1.39. The molecule has 2 bridgehead atoms. The van der Waals surface area contributed by atoms with E-state index in [-0.39, 0.29) is 0 Å². The molecular weight excluding hydrogens is 276 g/mol. The van der Waals surface area contributed by atoms with Gasteiger partial charge >= 0.3 is 0 Å². The summed E-state index contributed by atoms with van der Waals surface area (Å²) in [5, 5.41) is 0. The lowest BCUT2D eigenvalue weighted by atomic mass is 9.61.